The average Bonchev–Trinajstić information content (AvgIpc) is 3.78. The van der Waals surface area contributed by atoms with Gasteiger partial charge in [-0.2, -0.15) is 0 Å². The van der Waals surface area contributed by atoms with Gasteiger partial charge in [0.25, 0.3) is 0 Å². The maximum Gasteiger partial charge on any atom is 0.105 e. The molecule has 2 heterocycles. The van der Waals surface area contributed by atoms with Crippen LogP contribution in [0.2, 0.25) is 0 Å². The molecule has 0 spiro atoms. The van der Waals surface area contributed by atoms with Gasteiger partial charge in [-0.15, -0.1) is 11.3 Å². The van der Waals surface area contributed by atoms with Crippen LogP contribution in [-0.2, 0) is 10.8 Å². The maximum absolute atomic E-state index is 2.48. The van der Waals surface area contributed by atoms with Gasteiger partial charge in [-0.25, -0.2) is 0 Å². The van der Waals surface area contributed by atoms with Crippen LogP contribution in [0, 0.1) is 0 Å². The van der Waals surface area contributed by atoms with Crippen molar-refractivity contribution in [3.8, 4) is 33.4 Å². The predicted octanol–water partition coefficient (Wildman–Crippen LogP) is 16.1. The lowest BCUT2D eigenvalue weighted by molar-refractivity contribution is 0.641. The Hall–Kier alpha value is -6.68. The van der Waals surface area contributed by atoms with E-state index in [-0.39, 0.29) is 10.8 Å². The zero-order chi connectivity index (χ0) is 39.9. The Morgan fingerprint density at radius 3 is 1.71 bits per heavy atom. The SMILES string of the molecule is CC1(C)c2ccccc2-c2ccc(N(c3ccc(-c4ccccc4)cc3)c3ccc(-c4ccc5c(c4)C(C)(C)c4c(sc6ccccc46)N5c4ccccc4)cc3)cc21. The van der Waals surface area contributed by atoms with Crippen LogP contribution in [0.3, 0.4) is 0 Å². The fraction of sp³-hybridized carbons (Fsp3) is 0.107. The molecule has 0 radical (unpaired) electrons. The van der Waals surface area contributed by atoms with Crippen molar-refractivity contribution in [1.82, 2.24) is 0 Å². The third kappa shape index (κ3) is 5.60. The van der Waals surface area contributed by atoms with Gasteiger partial charge >= 0.3 is 0 Å². The summed E-state index contributed by atoms with van der Waals surface area (Å²) in [6.45, 7) is 9.51. The molecule has 0 amide bonds. The summed E-state index contributed by atoms with van der Waals surface area (Å²) in [7, 11) is 0. The molecule has 0 saturated heterocycles. The van der Waals surface area contributed by atoms with E-state index in [1.54, 1.807) is 0 Å². The summed E-state index contributed by atoms with van der Waals surface area (Å²) in [6.07, 6.45) is 0. The van der Waals surface area contributed by atoms with Gasteiger partial charge in [0.2, 0.25) is 0 Å². The van der Waals surface area contributed by atoms with Crippen LogP contribution in [0.15, 0.2) is 194 Å². The van der Waals surface area contributed by atoms with Gasteiger partial charge in [0, 0.05) is 43.8 Å². The summed E-state index contributed by atoms with van der Waals surface area (Å²) in [5.74, 6) is 0. The highest BCUT2D eigenvalue weighted by Gasteiger charge is 2.40. The molecule has 1 aromatic heterocycles. The van der Waals surface area contributed by atoms with Crippen molar-refractivity contribution in [3.63, 3.8) is 0 Å². The molecule has 9 aromatic rings. The number of hydrogen-bond donors (Lipinski definition) is 0. The largest absolute Gasteiger partial charge is 0.310 e. The summed E-state index contributed by atoms with van der Waals surface area (Å²) in [5.41, 5.74) is 18.5. The predicted molar refractivity (Wildman–Crippen MR) is 252 cm³/mol. The molecule has 0 fully saturated rings. The summed E-state index contributed by atoms with van der Waals surface area (Å²) >= 11 is 1.89. The third-order valence-electron chi connectivity index (χ3n) is 12.8. The number of nitrogens with zero attached hydrogens (tertiary/aromatic N) is 2. The Balaban J connectivity index is 1.01. The Bertz CT molecular complexity index is 3030. The molecule has 2 nitrogen and oxygen atoms in total. The molecule has 3 heteroatoms. The number of rotatable bonds is 6. The molecular formula is C56H44N2S. The maximum atomic E-state index is 2.48. The molecule has 284 valence electrons. The van der Waals surface area contributed by atoms with Crippen molar-refractivity contribution in [2.75, 3.05) is 9.80 Å². The van der Waals surface area contributed by atoms with Gasteiger partial charge in [-0.1, -0.05) is 155 Å². The molecular weight excluding hydrogens is 733 g/mol. The highest BCUT2D eigenvalue weighted by atomic mass is 32.1. The minimum atomic E-state index is -0.199. The van der Waals surface area contributed by atoms with E-state index in [1.807, 2.05) is 11.3 Å². The first-order valence-electron chi connectivity index (χ1n) is 20.6. The van der Waals surface area contributed by atoms with Crippen molar-refractivity contribution in [3.05, 3.63) is 216 Å². The molecule has 0 bridgehead atoms. The summed E-state index contributed by atoms with van der Waals surface area (Å²) in [4.78, 5) is 4.89. The summed E-state index contributed by atoms with van der Waals surface area (Å²) < 4.78 is 1.32. The average molecular weight is 777 g/mol. The topological polar surface area (TPSA) is 6.48 Å². The minimum absolute atomic E-state index is 0.0962. The van der Waals surface area contributed by atoms with Crippen LogP contribution in [0.25, 0.3) is 43.5 Å². The monoisotopic (exact) mass is 776 g/mol. The number of fused-ring (bicyclic) bond motifs is 7. The van der Waals surface area contributed by atoms with Gasteiger partial charge in [-0.05, 0) is 122 Å². The van der Waals surface area contributed by atoms with Crippen LogP contribution in [0.5, 0.6) is 0 Å². The second-order valence-electron chi connectivity index (χ2n) is 17.0. The van der Waals surface area contributed by atoms with Crippen LogP contribution in [0.1, 0.15) is 49.9 Å². The Kier molecular flexibility index (Phi) is 8.08. The molecule has 59 heavy (non-hydrogen) atoms. The van der Waals surface area contributed by atoms with E-state index >= 15 is 0 Å². The van der Waals surface area contributed by atoms with Gasteiger partial charge in [0.1, 0.15) is 5.00 Å². The first kappa shape index (κ1) is 35.5. The molecule has 1 aliphatic heterocycles. The Morgan fingerprint density at radius 1 is 0.424 bits per heavy atom. The molecule has 8 aromatic carbocycles. The van der Waals surface area contributed by atoms with Crippen LogP contribution in [-0.4, -0.2) is 0 Å². The third-order valence-corrected chi connectivity index (χ3v) is 14.0. The second kappa shape index (κ2) is 13.4. The van der Waals surface area contributed by atoms with Crippen LogP contribution < -0.4 is 9.80 Å². The normalized spacial score (nSPS) is 14.3. The molecule has 1 aliphatic carbocycles. The van der Waals surface area contributed by atoms with E-state index in [2.05, 4.69) is 232 Å². The number of thiophene rings is 1. The van der Waals surface area contributed by atoms with Gasteiger partial charge in [0.05, 0.1) is 5.69 Å². The highest BCUT2D eigenvalue weighted by molar-refractivity contribution is 7.23. The second-order valence-corrected chi connectivity index (χ2v) is 18.0. The van der Waals surface area contributed by atoms with E-state index in [1.165, 1.54) is 82.1 Å². The summed E-state index contributed by atoms with van der Waals surface area (Å²) in [6, 6.07) is 71.5. The number of anilines is 6. The first-order chi connectivity index (χ1) is 28.8. The summed E-state index contributed by atoms with van der Waals surface area (Å²) in [5, 5.41) is 2.65. The molecule has 2 aliphatic rings. The molecule has 0 unspecified atom stereocenters. The zero-order valence-corrected chi connectivity index (χ0v) is 34.6. The minimum Gasteiger partial charge on any atom is -0.310 e. The first-order valence-corrected chi connectivity index (χ1v) is 21.4. The van der Waals surface area contributed by atoms with Crippen molar-refractivity contribution in [1.29, 1.82) is 0 Å². The van der Waals surface area contributed by atoms with Crippen molar-refractivity contribution in [2.24, 2.45) is 0 Å². The number of benzene rings is 8. The standard InChI is InChI=1S/C56H44N2S/c1-55(2)48-21-13-11-19-45(48)46-33-32-44(36-49(46)55)57(42-28-23-38(24-29-42)37-15-7-5-8-16-37)43-30-25-39(26-31-43)40-27-34-51-50(35-40)56(3,4)53-47-20-12-14-22-52(47)59-54(53)58(51)41-17-9-6-10-18-41/h5-36H,1-4H3. The molecule has 0 N–H and O–H groups in total. The lowest BCUT2D eigenvalue weighted by atomic mass is 9.73. The fourth-order valence-electron chi connectivity index (χ4n) is 9.80. The smallest absolute Gasteiger partial charge is 0.105 e. The van der Waals surface area contributed by atoms with Crippen molar-refractivity contribution < 1.29 is 0 Å². The van der Waals surface area contributed by atoms with E-state index in [0.29, 0.717) is 0 Å². The van der Waals surface area contributed by atoms with Crippen molar-refractivity contribution in [2.45, 2.75) is 38.5 Å². The quantitative estimate of drug-likeness (QED) is 0.166. The van der Waals surface area contributed by atoms with E-state index in [0.717, 1.165) is 17.1 Å². The lowest BCUT2D eigenvalue weighted by Crippen LogP contribution is -2.29. The van der Waals surface area contributed by atoms with Crippen molar-refractivity contribution >= 4 is 54.9 Å². The van der Waals surface area contributed by atoms with E-state index < -0.39 is 0 Å². The van der Waals surface area contributed by atoms with E-state index in [4.69, 9.17) is 0 Å². The molecule has 11 rings (SSSR count). The van der Waals surface area contributed by atoms with Gasteiger partial charge < -0.3 is 9.80 Å². The lowest BCUT2D eigenvalue weighted by Gasteiger charge is -2.40. The van der Waals surface area contributed by atoms with Gasteiger partial charge in [0.15, 0.2) is 0 Å². The van der Waals surface area contributed by atoms with Crippen LogP contribution in [0.4, 0.5) is 33.4 Å². The van der Waals surface area contributed by atoms with E-state index in [9.17, 15) is 0 Å². The Morgan fingerprint density at radius 2 is 0.983 bits per heavy atom. The number of para-hydroxylation sites is 1. The number of hydrogen-bond acceptors (Lipinski definition) is 3. The van der Waals surface area contributed by atoms with Crippen LogP contribution >= 0.6 is 11.3 Å². The van der Waals surface area contributed by atoms with Gasteiger partial charge in [-0.3, -0.25) is 0 Å². The molecule has 0 saturated carbocycles. The fourth-order valence-corrected chi connectivity index (χ4v) is 11.2. The molecule has 0 atom stereocenters. The highest BCUT2D eigenvalue weighted by Crippen LogP contribution is 2.58. The zero-order valence-electron chi connectivity index (χ0n) is 33.8. The Labute approximate surface area is 351 Å².